The minimum absolute atomic E-state index is 0.256. The van der Waals surface area contributed by atoms with Crippen molar-refractivity contribution in [3.05, 3.63) is 56.5 Å². The Morgan fingerprint density at radius 3 is 2.54 bits per heavy atom. The summed E-state index contributed by atoms with van der Waals surface area (Å²) in [4.78, 5) is 25.8. The van der Waals surface area contributed by atoms with Crippen molar-refractivity contribution in [2.24, 2.45) is 0 Å². The van der Waals surface area contributed by atoms with Gasteiger partial charge in [0.15, 0.2) is 11.5 Å². The van der Waals surface area contributed by atoms with Crippen LogP contribution in [0.15, 0.2) is 29.6 Å². The number of nitrogens with two attached hydrogens (primary N) is 1. The smallest absolute Gasteiger partial charge is 0.392 e. The van der Waals surface area contributed by atoms with Crippen LogP contribution in [-0.2, 0) is 6.18 Å². The highest BCUT2D eigenvalue weighted by Crippen LogP contribution is 2.34. The maximum Gasteiger partial charge on any atom is 0.435 e. The molecule has 2 rings (SSSR count). The van der Waals surface area contributed by atoms with Crippen LogP contribution in [0.1, 0.15) is 11.3 Å². The molecule has 2 aromatic rings. The molecule has 1 aromatic carbocycles. The van der Waals surface area contributed by atoms with Crippen molar-refractivity contribution in [2.45, 2.75) is 13.1 Å². The van der Waals surface area contributed by atoms with Gasteiger partial charge in [0.25, 0.3) is 11.2 Å². The van der Waals surface area contributed by atoms with Gasteiger partial charge in [0, 0.05) is 12.3 Å². The first-order valence-corrected chi connectivity index (χ1v) is 6.45. The number of hydrogen-bond acceptors (Lipinski definition) is 5. The Hall–Kier alpha value is -3.17. The lowest BCUT2D eigenvalue weighted by Crippen LogP contribution is -2.27. The predicted molar refractivity (Wildman–Crippen MR) is 81.1 cm³/mol. The number of halogens is 3. The number of nitro benzene ring substituents is 1. The molecule has 1 aromatic heterocycles. The van der Waals surface area contributed by atoms with E-state index in [2.05, 4.69) is 11.6 Å². The van der Waals surface area contributed by atoms with Crippen LogP contribution in [0.5, 0.6) is 0 Å². The molecule has 0 atom stereocenters. The van der Waals surface area contributed by atoms with Crippen molar-refractivity contribution >= 4 is 17.6 Å². The van der Waals surface area contributed by atoms with Crippen LogP contribution in [0.2, 0.25) is 0 Å². The number of aryl methyl sites for hydroxylation is 1. The first kappa shape index (κ1) is 17.2. The fourth-order valence-corrected chi connectivity index (χ4v) is 2.10. The number of aromatic nitrogens is 2. The molecule has 0 saturated carbocycles. The molecule has 10 heteroatoms. The number of nitro groups is 1. The molecule has 0 radical (unpaired) electrons. The molecular weight excluding hydrogens is 329 g/mol. The molecule has 126 valence electrons. The Kier molecular flexibility index (Phi) is 4.15. The van der Waals surface area contributed by atoms with Crippen molar-refractivity contribution in [3.8, 4) is 11.4 Å². The molecule has 2 N–H and O–H groups in total. The Labute approximate surface area is 133 Å². The lowest BCUT2D eigenvalue weighted by molar-refractivity contribution is -0.384. The molecular formula is C14H11F3N4O3. The Bertz CT molecular complexity index is 903. The molecule has 0 saturated heterocycles. The number of hydrogen-bond donors (Lipinski definition) is 1. The van der Waals surface area contributed by atoms with Crippen molar-refractivity contribution in [1.82, 2.24) is 9.55 Å². The van der Waals surface area contributed by atoms with E-state index in [-0.39, 0.29) is 5.56 Å². The number of anilines is 1. The second-order valence-electron chi connectivity index (χ2n) is 4.83. The van der Waals surface area contributed by atoms with Gasteiger partial charge in [-0.1, -0.05) is 12.6 Å². The molecule has 1 heterocycles. The number of rotatable bonds is 3. The maximum atomic E-state index is 13.0. The zero-order valence-corrected chi connectivity index (χ0v) is 12.3. The van der Waals surface area contributed by atoms with Crippen LogP contribution in [-0.4, -0.2) is 14.5 Å². The molecule has 0 spiro atoms. The van der Waals surface area contributed by atoms with E-state index in [0.29, 0.717) is 10.1 Å². The second-order valence-corrected chi connectivity index (χ2v) is 4.83. The van der Waals surface area contributed by atoms with E-state index in [9.17, 15) is 28.1 Å². The third kappa shape index (κ3) is 2.85. The van der Waals surface area contributed by atoms with Gasteiger partial charge in [-0.2, -0.15) is 13.2 Å². The highest BCUT2D eigenvalue weighted by molar-refractivity contribution is 5.71. The summed E-state index contributed by atoms with van der Waals surface area (Å²) in [5, 5.41) is 11.2. The predicted octanol–water partition coefficient (Wildman–Crippen LogP) is 2.83. The summed E-state index contributed by atoms with van der Waals surface area (Å²) in [6.45, 7) is 4.90. The molecule has 0 amide bonds. The van der Waals surface area contributed by atoms with Gasteiger partial charge in [0.05, 0.1) is 10.5 Å². The second kappa shape index (κ2) is 5.80. The minimum atomic E-state index is -4.99. The maximum absolute atomic E-state index is 13.0. The summed E-state index contributed by atoms with van der Waals surface area (Å²) in [5.41, 5.74) is 1.07. The first-order valence-electron chi connectivity index (χ1n) is 6.45. The number of benzene rings is 1. The van der Waals surface area contributed by atoms with Crippen molar-refractivity contribution in [3.63, 3.8) is 0 Å². The highest BCUT2D eigenvalue weighted by Gasteiger charge is 2.38. The monoisotopic (exact) mass is 340 g/mol. The van der Waals surface area contributed by atoms with Gasteiger partial charge in [0.2, 0.25) is 0 Å². The van der Waals surface area contributed by atoms with Crippen molar-refractivity contribution in [2.75, 3.05) is 5.73 Å². The van der Waals surface area contributed by atoms with E-state index in [1.165, 1.54) is 18.2 Å². The van der Waals surface area contributed by atoms with E-state index in [1.807, 2.05) is 0 Å². The van der Waals surface area contributed by atoms with Crippen LogP contribution in [0, 0.1) is 17.0 Å². The first-order chi connectivity index (χ1) is 11.1. The van der Waals surface area contributed by atoms with Crippen LogP contribution in [0.25, 0.3) is 17.6 Å². The molecule has 24 heavy (non-hydrogen) atoms. The van der Waals surface area contributed by atoms with E-state index in [4.69, 9.17) is 5.73 Å². The summed E-state index contributed by atoms with van der Waals surface area (Å²) in [6, 6.07) is 3.83. The summed E-state index contributed by atoms with van der Waals surface area (Å²) >= 11 is 0. The molecule has 0 fully saturated rings. The number of nitrogens with zero attached hydrogens (tertiary/aromatic N) is 3. The van der Waals surface area contributed by atoms with Gasteiger partial charge in [-0.25, -0.2) is 4.98 Å². The normalized spacial score (nSPS) is 11.3. The largest absolute Gasteiger partial charge is 0.435 e. The highest BCUT2D eigenvalue weighted by atomic mass is 19.4. The Balaban J connectivity index is 2.95. The SMILES string of the molecule is C=Cn1c(-c2ccc(C)cc2[N+](=O)[O-])nc(C(F)(F)F)c(N)c1=O. The van der Waals surface area contributed by atoms with Gasteiger partial charge >= 0.3 is 6.18 Å². The van der Waals surface area contributed by atoms with Gasteiger partial charge < -0.3 is 5.73 Å². The van der Waals surface area contributed by atoms with Gasteiger partial charge in [0.1, 0.15) is 5.69 Å². The van der Waals surface area contributed by atoms with E-state index in [1.54, 1.807) is 6.92 Å². The fraction of sp³-hybridized carbons (Fsp3) is 0.143. The number of nitrogen functional groups attached to an aromatic ring is 1. The van der Waals surface area contributed by atoms with Gasteiger partial charge in [-0.05, 0) is 18.6 Å². The van der Waals surface area contributed by atoms with Gasteiger partial charge in [-0.15, -0.1) is 0 Å². The third-order valence-corrected chi connectivity index (χ3v) is 3.19. The molecule has 0 unspecified atom stereocenters. The molecule has 0 aliphatic heterocycles. The molecule has 7 nitrogen and oxygen atoms in total. The average Bonchev–Trinajstić information content (AvgIpc) is 2.48. The Morgan fingerprint density at radius 1 is 1.42 bits per heavy atom. The van der Waals surface area contributed by atoms with E-state index < -0.39 is 39.6 Å². The Morgan fingerprint density at radius 2 is 2.04 bits per heavy atom. The summed E-state index contributed by atoms with van der Waals surface area (Å²) in [6.07, 6.45) is -4.09. The summed E-state index contributed by atoms with van der Waals surface area (Å²) < 4.78 is 39.7. The van der Waals surface area contributed by atoms with E-state index >= 15 is 0 Å². The molecule has 0 aliphatic rings. The quantitative estimate of drug-likeness (QED) is 0.683. The average molecular weight is 340 g/mol. The summed E-state index contributed by atoms with van der Waals surface area (Å²) in [5.74, 6) is -0.566. The lowest BCUT2D eigenvalue weighted by atomic mass is 10.1. The topological polar surface area (TPSA) is 104 Å². The lowest BCUT2D eigenvalue weighted by Gasteiger charge is -2.14. The van der Waals surface area contributed by atoms with Gasteiger partial charge in [-0.3, -0.25) is 19.5 Å². The third-order valence-electron chi connectivity index (χ3n) is 3.19. The summed E-state index contributed by atoms with van der Waals surface area (Å²) in [7, 11) is 0. The van der Waals surface area contributed by atoms with Crippen LogP contribution in [0.4, 0.5) is 24.5 Å². The zero-order chi connectivity index (χ0) is 18.2. The standard InChI is InChI=1S/C14H11F3N4O3/c1-3-20-12(8-5-4-7(2)6-9(8)21(23)24)19-11(14(15,16)17)10(18)13(20)22/h3-6H,1,18H2,2H3. The number of alkyl halides is 3. The van der Waals surface area contributed by atoms with Crippen LogP contribution >= 0.6 is 0 Å². The minimum Gasteiger partial charge on any atom is -0.392 e. The van der Waals surface area contributed by atoms with Crippen LogP contribution in [0.3, 0.4) is 0 Å². The van der Waals surface area contributed by atoms with Crippen LogP contribution < -0.4 is 11.3 Å². The van der Waals surface area contributed by atoms with Crippen molar-refractivity contribution in [1.29, 1.82) is 0 Å². The zero-order valence-electron chi connectivity index (χ0n) is 12.3. The van der Waals surface area contributed by atoms with Crippen molar-refractivity contribution < 1.29 is 18.1 Å². The fourth-order valence-electron chi connectivity index (χ4n) is 2.10. The molecule has 0 aliphatic carbocycles. The van der Waals surface area contributed by atoms with E-state index in [0.717, 1.165) is 6.20 Å². The molecule has 0 bridgehead atoms.